The Labute approximate surface area is 241 Å². The zero-order valence-electron chi connectivity index (χ0n) is 24.2. The number of fused-ring (bicyclic) bond motifs is 1. The van der Waals surface area contributed by atoms with E-state index in [1.54, 1.807) is 7.11 Å². The van der Waals surface area contributed by atoms with Gasteiger partial charge in [0.05, 0.1) is 30.8 Å². The molecule has 2 aliphatic rings. The monoisotopic (exact) mass is 551 g/mol. The highest BCUT2D eigenvalue weighted by Gasteiger charge is 2.44. The quantitative estimate of drug-likeness (QED) is 0.338. The summed E-state index contributed by atoms with van der Waals surface area (Å²) in [6.45, 7) is 7.80. The van der Waals surface area contributed by atoms with Crippen molar-refractivity contribution in [1.29, 1.82) is 5.26 Å². The third-order valence-electron chi connectivity index (χ3n) is 7.81. The third-order valence-corrected chi connectivity index (χ3v) is 7.81. The van der Waals surface area contributed by atoms with Crippen LogP contribution in [0.25, 0.3) is 10.8 Å². The van der Waals surface area contributed by atoms with Crippen LogP contribution in [0.1, 0.15) is 50.7 Å². The first-order valence-electron chi connectivity index (χ1n) is 14.1. The van der Waals surface area contributed by atoms with Crippen LogP contribution in [0, 0.1) is 16.7 Å². The summed E-state index contributed by atoms with van der Waals surface area (Å²) in [4.78, 5) is 15.6. The van der Waals surface area contributed by atoms with Crippen molar-refractivity contribution in [2.45, 2.75) is 46.1 Å². The molecule has 2 N–H and O–H groups in total. The summed E-state index contributed by atoms with van der Waals surface area (Å²) < 4.78 is 17.6. The van der Waals surface area contributed by atoms with Crippen molar-refractivity contribution >= 4 is 16.6 Å². The molecule has 1 heterocycles. The number of carbonyl (C=O) groups excluding carboxylic acids is 1. The Morgan fingerprint density at radius 2 is 1.80 bits per heavy atom. The zero-order chi connectivity index (χ0) is 29.1. The SMILES string of the molecule is CCOc1cc([C@@H]2C(C#N)=C(N)N(CCOC)C3=C2C(=O)CC(C)(C)C3)ccc1OCc1ccc2ccccc2c1. The van der Waals surface area contributed by atoms with Gasteiger partial charge in [0.25, 0.3) is 0 Å². The van der Waals surface area contributed by atoms with E-state index in [0.29, 0.717) is 67.7 Å². The molecule has 1 atom stereocenters. The maximum atomic E-state index is 13.7. The molecule has 0 bridgehead atoms. The molecule has 0 fully saturated rings. The Balaban J connectivity index is 1.52. The molecule has 0 radical (unpaired) electrons. The smallest absolute Gasteiger partial charge is 0.162 e. The van der Waals surface area contributed by atoms with Crippen molar-refractivity contribution in [1.82, 2.24) is 4.90 Å². The molecular weight excluding hydrogens is 514 g/mol. The van der Waals surface area contributed by atoms with Crippen molar-refractivity contribution in [2.75, 3.05) is 26.9 Å². The molecule has 0 spiro atoms. The number of hydrogen-bond donors (Lipinski definition) is 1. The molecule has 5 rings (SSSR count). The van der Waals surface area contributed by atoms with Crippen LogP contribution in [0.4, 0.5) is 0 Å². The van der Waals surface area contributed by atoms with Crippen LogP contribution in [0.3, 0.4) is 0 Å². The molecule has 0 amide bonds. The molecule has 212 valence electrons. The number of allylic oxidation sites excluding steroid dienone is 3. The second-order valence-corrected chi connectivity index (χ2v) is 11.4. The first-order valence-corrected chi connectivity index (χ1v) is 14.1. The molecule has 0 saturated carbocycles. The number of benzene rings is 3. The fourth-order valence-corrected chi connectivity index (χ4v) is 5.93. The van der Waals surface area contributed by atoms with Gasteiger partial charge in [-0.05, 0) is 58.9 Å². The van der Waals surface area contributed by atoms with E-state index in [1.165, 1.54) is 5.39 Å². The van der Waals surface area contributed by atoms with Gasteiger partial charge in [0, 0.05) is 31.3 Å². The van der Waals surface area contributed by atoms with Gasteiger partial charge in [-0.1, -0.05) is 56.3 Å². The minimum Gasteiger partial charge on any atom is -0.490 e. The first-order chi connectivity index (χ1) is 19.8. The van der Waals surface area contributed by atoms with E-state index in [-0.39, 0.29) is 11.2 Å². The fourth-order valence-electron chi connectivity index (χ4n) is 5.93. The van der Waals surface area contributed by atoms with Crippen LogP contribution in [-0.2, 0) is 16.1 Å². The highest BCUT2D eigenvalue weighted by molar-refractivity contribution is 6.00. The number of ether oxygens (including phenoxy) is 3. The number of nitrogens with two attached hydrogens (primary N) is 1. The van der Waals surface area contributed by atoms with Crippen molar-refractivity contribution in [3.63, 3.8) is 0 Å². The van der Waals surface area contributed by atoms with Gasteiger partial charge in [0.1, 0.15) is 12.4 Å². The number of rotatable bonds is 9. The van der Waals surface area contributed by atoms with Crippen molar-refractivity contribution in [3.05, 3.63) is 94.5 Å². The first kappa shape index (κ1) is 28.3. The second-order valence-electron chi connectivity index (χ2n) is 11.4. The lowest BCUT2D eigenvalue weighted by Gasteiger charge is -2.43. The maximum Gasteiger partial charge on any atom is 0.162 e. The predicted octanol–water partition coefficient (Wildman–Crippen LogP) is 6.20. The van der Waals surface area contributed by atoms with E-state index in [9.17, 15) is 10.1 Å². The summed E-state index contributed by atoms with van der Waals surface area (Å²) >= 11 is 0. The minimum atomic E-state index is -0.578. The van der Waals surface area contributed by atoms with Crippen molar-refractivity contribution < 1.29 is 19.0 Å². The largest absolute Gasteiger partial charge is 0.490 e. The Hall–Kier alpha value is -4.28. The summed E-state index contributed by atoms with van der Waals surface area (Å²) in [6, 6.07) is 22.5. The van der Waals surface area contributed by atoms with Gasteiger partial charge in [0.15, 0.2) is 17.3 Å². The van der Waals surface area contributed by atoms with Crippen molar-refractivity contribution in [3.8, 4) is 17.6 Å². The summed E-state index contributed by atoms with van der Waals surface area (Å²) in [5, 5.41) is 12.6. The molecule has 7 nitrogen and oxygen atoms in total. The van der Waals surface area contributed by atoms with E-state index in [0.717, 1.165) is 22.2 Å². The summed E-state index contributed by atoms with van der Waals surface area (Å²) in [7, 11) is 1.63. The van der Waals surface area contributed by atoms with E-state index < -0.39 is 5.92 Å². The summed E-state index contributed by atoms with van der Waals surface area (Å²) in [5.74, 6) is 0.995. The van der Waals surface area contributed by atoms with Crippen LogP contribution in [0.5, 0.6) is 11.5 Å². The van der Waals surface area contributed by atoms with Crippen LogP contribution >= 0.6 is 0 Å². The molecule has 0 saturated heterocycles. The molecule has 1 aliphatic heterocycles. The number of nitriles is 1. The number of nitrogens with zero attached hydrogens (tertiary/aromatic N) is 2. The van der Waals surface area contributed by atoms with Gasteiger partial charge in [-0.2, -0.15) is 5.26 Å². The Kier molecular flexibility index (Phi) is 8.05. The maximum absolute atomic E-state index is 13.7. The minimum absolute atomic E-state index is 0.0403. The molecule has 41 heavy (non-hydrogen) atoms. The number of ketones is 1. The number of carbonyl (C=O) groups is 1. The Morgan fingerprint density at radius 3 is 2.54 bits per heavy atom. The van der Waals surface area contributed by atoms with E-state index >= 15 is 0 Å². The normalized spacial score (nSPS) is 18.4. The van der Waals surface area contributed by atoms with Crippen LogP contribution in [0.2, 0.25) is 0 Å². The standard InChI is InChI=1S/C34H37N3O4/c1-5-40-30-17-25(12-13-29(30)41-21-22-10-11-23-8-6-7-9-24(23)16-22)31-26(20-35)33(36)37(14-15-39-4)27-18-34(2,3)19-28(38)32(27)31/h6-13,16-17,31H,5,14-15,18-19,21,36H2,1-4H3/t31-/m1/s1. The van der Waals surface area contributed by atoms with Gasteiger partial charge in [-0.15, -0.1) is 0 Å². The predicted molar refractivity (Wildman–Crippen MR) is 159 cm³/mol. The second kappa shape index (κ2) is 11.7. The average Bonchev–Trinajstić information content (AvgIpc) is 2.95. The molecule has 0 aromatic heterocycles. The van der Waals surface area contributed by atoms with Gasteiger partial charge < -0.3 is 24.8 Å². The third kappa shape index (κ3) is 5.66. The van der Waals surface area contributed by atoms with E-state index in [2.05, 4.69) is 50.2 Å². The number of hydrogen-bond acceptors (Lipinski definition) is 7. The molecule has 3 aromatic rings. The number of Topliss-reactive ketones (excluding diaryl/α,β-unsaturated/α-hetero) is 1. The lowest BCUT2D eigenvalue weighted by Crippen LogP contribution is -2.43. The summed E-state index contributed by atoms with van der Waals surface area (Å²) in [6.07, 6.45) is 1.09. The van der Waals surface area contributed by atoms with Crippen LogP contribution in [0.15, 0.2) is 83.3 Å². The van der Waals surface area contributed by atoms with Crippen LogP contribution in [-0.4, -0.2) is 37.6 Å². The average molecular weight is 552 g/mol. The van der Waals surface area contributed by atoms with Crippen LogP contribution < -0.4 is 15.2 Å². The highest BCUT2D eigenvalue weighted by atomic mass is 16.5. The molecule has 0 unspecified atom stereocenters. The lowest BCUT2D eigenvalue weighted by molar-refractivity contribution is -0.118. The fraction of sp³-hybridized carbons (Fsp3) is 0.353. The topological polar surface area (TPSA) is 97.8 Å². The van der Waals surface area contributed by atoms with Gasteiger partial charge in [-0.25, -0.2) is 0 Å². The highest BCUT2D eigenvalue weighted by Crippen LogP contribution is 2.49. The molecule has 3 aromatic carbocycles. The van der Waals surface area contributed by atoms with Gasteiger partial charge >= 0.3 is 0 Å². The Bertz CT molecular complexity index is 1580. The molecular formula is C34H37N3O4. The lowest BCUT2D eigenvalue weighted by atomic mass is 9.68. The van der Waals surface area contributed by atoms with Gasteiger partial charge in [-0.3, -0.25) is 4.79 Å². The van der Waals surface area contributed by atoms with Gasteiger partial charge in [0.2, 0.25) is 0 Å². The molecule has 7 heteroatoms. The van der Waals surface area contributed by atoms with E-state index in [1.807, 2.05) is 42.2 Å². The van der Waals surface area contributed by atoms with E-state index in [4.69, 9.17) is 19.9 Å². The Morgan fingerprint density at radius 1 is 1.02 bits per heavy atom. The zero-order valence-corrected chi connectivity index (χ0v) is 24.2. The molecule has 1 aliphatic carbocycles. The summed E-state index contributed by atoms with van der Waals surface area (Å²) in [5.41, 5.74) is 10.1. The number of methoxy groups -OCH3 is 1. The van der Waals surface area contributed by atoms with Crippen molar-refractivity contribution in [2.24, 2.45) is 11.1 Å².